The van der Waals surface area contributed by atoms with Gasteiger partial charge in [-0.25, -0.2) is 0 Å². The first-order valence-electron chi connectivity index (χ1n) is 6.55. The van der Waals surface area contributed by atoms with Crippen molar-refractivity contribution < 1.29 is 4.74 Å². The molecular formula is C13H27NO. The smallest absolute Gasteiger partial charge is 0.0587 e. The van der Waals surface area contributed by atoms with Gasteiger partial charge in [0.2, 0.25) is 0 Å². The van der Waals surface area contributed by atoms with Gasteiger partial charge in [0.1, 0.15) is 0 Å². The van der Waals surface area contributed by atoms with Crippen LogP contribution in [0.15, 0.2) is 0 Å². The van der Waals surface area contributed by atoms with E-state index in [4.69, 9.17) is 4.74 Å². The average molecular weight is 213 g/mol. The van der Waals surface area contributed by atoms with Crippen molar-refractivity contribution in [1.82, 2.24) is 5.32 Å². The van der Waals surface area contributed by atoms with Gasteiger partial charge >= 0.3 is 0 Å². The minimum absolute atomic E-state index is 0.487. The highest BCUT2D eigenvalue weighted by atomic mass is 16.5. The molecule has 0 radical (unpaired) electrons. The maximum Gasteiger partial charge on any atom is 0.0587 e. The fraction of sp³-hybridized carbons (Fsp3) is 1.00. The Balaban J connectivity index is 2.36. The molecule has 0 spiro atoms. The zero-order valence-electron chi connectivity index (χ0n) is 10.8. The van der Waals surface area contributed by atoms with Crippen LogP contribution in [0.3, 0.4) is 0 Å². The van der Waals surface area contributed by atoms with E-state index in [0.717, 1.165) is 18.9 Å². The van der Waals surface area contributed by atoms with Gasteiger partial charge in [0.25, 0.3) is 0 Å². The third kappa shape index (κ3) is 4.12. The second-order valence-electron chi connectivity index (χ2n) is 5.05. The Morgan fingerprint density at radius 1 is 1.33 bits per heavy atom. The highest BCUT2D eigenvalue weighted by Crippen LogP contribution is 2.18. The summed E-state index contributed by atoms with van der Waals surface area (Å²) in [4.78, 5) is 0. The van der Waals surface area contributed by atoms with Gasteiger partial charge in [0, 0.05) is 18.7 Å². The van der Waals surface area contributed by atoms with Gasteiger partial charge < -0.3 is 10.1 Å². The number of nitrogens with one attached hydrogen (secondary N) is 1. The summed E-state index contributed by atoms with van der Waals surface area (Å²) in [6.07, 6.45) is 5.24. The molecule has 1 aliphatic heterocycles. The van der Waals surface area contributed by atoms with Crippen molar-refractivity contribution in [2.75, 3.05) is 6.61 Å². The van der Waals surface area contributed by atoms with Gasteiger partial charge in [-0.05, 0) is 31.6 Å². The quantitative estimate of drug-likeness (QED) is 0.758. The molecule has 3 atom stereocenters. The van der Waals surface area contributed by atoms with Crippen molar-refractivity contribution in [3.63, 3.8) is 0 Å². The summed E-state index contributed by atoms with van der Waals surface area (Å²) >= 11 is 0. The molecule has 0 bridgehead atoms. The summed E-state index contributed by atoms with van der Waals surface area (Å²) in [5.41, 5.74) is 0. The van der Waals surface area contributed by atoms with Crippen LogP contribution in [0.4, 0.5) is 0 Å². The molecular weight excluding hydrogens is 186 g/mol. The summed E-state index contributed by atoms with van der Waals surface area (Å²) in [7, 11) is 0. The second kappa shape index (κ2) is 6.49. The highest BCUT2D eigenvalue weighted by molar-refractivity contribution is 4.80. The van der Waals surface area contributed by atoms with Crippen LogP contribution in [0.2, 0.25) is 0 Å². The van der Waals surface area contributed by atoms with Crippen molar-refractivity contribution in [3.05, 3.63) is 0 Å². The second-order valence-corrected chi connectivity index (χ2v) is 5.05. The third-order valence-electron chi connectivity index (χ3n) is 3.52. The van der Waals surface area contributed by atoms with Gasteiger partial charge in [-0.2, -0.15) is 0 Å². The third-order valence-corrected chi connectivity index (χ3v) is 3.52. The molecule has 1 rings (SSSR count). The van der Waals surface area contributed by atoms with Gasteiger partial charge in [-0.3, -0.25) is 0 Å². The van der Waals surface area contributed by atoms with Crippen LogP contribution < -0.4 is 5.32 Å². The monoisotopic (exact) mass is 213 g/mol. The van der Waals surface area contributed by atoms with Crippen molar-refractivity contribution in [3.8, 4) is 0 Å². The number of rotatable bonds is 5. The van der Waals surface area contributed by atoms with E-state index < -0.39 is 0 Å². The molecule has 0 aromatic rings. The number of ether oxygens (including phenoxy) is 1. The maximum atomic E-state index is 5.69. The predicted octanol–water partition coefficient (Wildman–Crippen LogP) is 2.97. The lowest BCUT2D eigenvalue weighted by Crippen LogP contribution is -2.45. The zero-order chi connectivity index (χ0) is 11.3. The van der Waals surface area contributed by atoms with Crippen molar-refractivity contribution >= 4 is 0 Å². The molecule has 1 saturated heterocycles. The van der Waals surface area contributed by atoms with Gasteiger partial charge in [-0.15, -0.1) is 0 Å². The van der Waals surface area contributed by atoms with Crippen LogP contribution in [0, 0.1) is 5.92 Å². The first-order chi connectivity index (χ1) is 7.17. The van der Waals surface area contributed by atoms with Crippen molar-refractivity contribution in [1.29, 1.82) is 0 Å². The first-order valence-corrected chi connectivity index (χ1v) is 6.55. The fourth-order valence-corrected chi connectivity index (χ4v) is 2.40. The van der Waals surface area contributed by atoms with E-state index in [2.05, 4.69) is 33.0 Å². The zero-order valence-corrected chi connectivity index (χ0v) is 10.8. The lowest BCUT2D eigenvalue weighted by molar-refractivity contribution is -0.00305. The van der Waals surface area contributed by atoms with Crippen LogP contribution in [-0.4, -0.2) is 24.8 Å². The van der Waals surface area contributed by atoms with E-state index in [0.29, 0.717) is 18.2 Å². The summed E-state index contributed by atoms with van der Waals surface area (Å²) in [5.74, 6) is 0.734. The van der Waals surface area contributed by atoms with E-state index in [1.165, 1.54) is 19.3 Å². The minimum atomic E-state index is 0.487. The lowest BCUT2D eigenvalue weighted by Gasteiger charge is -2.33. The predicted molar refractivity (Wildman–Crippen MR) is 65.1 cm³/mol. The van der Waals surface area contributed by atoms with E-state index in [1.807, 2.05) is 0 Å². The van der Waals surface area contributed by atoms with E-state index in [1.54, 1.807) is 0 Å². The molecule has 90 valence electrons. The standard InChI is InChI=1S/C13H27NO/c1-5-12-9-11(7-8-15-12)14-13(6-2)10(3)4/h10-14H,5-9H2,1-4H3. The maximum absolute atomic E-state index is 5.69. The Hall–Kier alpha value is -0.0800. The highest BCUT2D eigenvalue weighted by Gasteiger charge is 2.23. The Kier molecular flexibility index (Phi) is 5.62. The van der Waals surface area contributed by atoms with Gasteiger partial charge in [-0.1, -0.05) is 27.7 Å². The van der Waals surface area contributed by atoms with Gasteiger partial charge in [0.05, 0.1) is 6.10 Å². The average Bonchev–Trinajstić information content (AvgIpc) is 2.25. The molecule has 0 amide bonds. The summed E-state index contributed by atoms with van der Waals surface area (Å²) in [6, 6.07) is 1.35. The number of hydrogen-bond donors (Lipinski definition) is 1. The molecule has 1 aliphatic rings. The van der Waals surface area contributed by atoms with Crippen molar-refractivity contribution in [2.45, 2.75) is 71.6 Å². The van der Waals surface area contributed by atoms with Crippen LogP contribution in [0.1, 0.15) is 53.4 Å². The fourth-order valence-electron chi connectivity index (χ4n) is 2.40. The van der Waals surface area contributed by atoms with Crippen molar-refractivity contribution in [2.24, 2.45) is 5.92 Å². The van der Waals surface area contributed by atoms with Crippen LogP contribution in [-0.2, 0) is 4.74 Å². The van der Waals surface area contributed by atoms with E-state index in [-0.39, 0.29) is 0 Å². The Morgan fingerprint density at radius 3 is 2.60 bits per heavy atom. The van der Waals surface area contributed by atoms with E-state index in [9.17, 15) is 0 Å². The Bertz CT molecular complexity index is 170. The Morgan fingerprint density at radius 2 is 2.07 bits per heavy atom. The van der Waals surface area contributed by atoms with E-state index >= 15 is 0 Å². The molecule has 0 saturated carbocycles. The largest absolute Gasteiger partial charge is 0.378 e. The van der Waals surface area contributed by atoms with Crippen LogP contribution in [0.5, 0.6) is 0 Å². The molecule has 1 fully saturated rings. The van der Waals surface area contributed by atoms with Gasteiger partial charge in [0.15, 0.2) is 0 Å². The topological polar surface area (TPSA) is 21.3 Å². The number of hydrogen-bond acceptors (Lipinski definition) is 2. The molecule has 0 aliphatic carbocycles. The first kappa shape index (κ1) is 13.0. The summed E-state index contributed by atoms with van der Waals surface area (Å²) in [5, 5.41) is 3.79. The molecule has 0 aromatic heterocycles. The summed E-state index contributed by atoms with van der Waals surface area (Å²) < 4.78 is 5.69. The molecule has 2 heteroatoms. The molecule has 2 nitrogen and oxygen atoms in total. The SMILES string of the molecule is CCC1CC(NC(CC)C(C)C)CCO1. The molecule has 0 aromatic carbocycles. The molecule has 1 heterocycles. The Labute approximate surface area is 94.8 Å². The molecule has 3 unspecified atom stereocenters. The normalized spacial score (nSPS) is 29.4. The van der Waals surface area contributed by atoms with Crippen LogP contribution >= 0.6 is 0 Å². The lowest BCUT2D eigenvalue weighted by atomic mass is 9.96. The van der Waals surface area contributed by atoms with Crippen LogP contribution in [0.25, 0.3) is 0 Å². The summed E-state index contributed by atoms with van der Waals surface area (Å²) in [6.45, 7) is 10.0. The molecule has 15 heavy (non-hydrogen) atoms. The minimum Gasteiger partial charge on any atom is -0.378 e. The molecule has 1 N–H and O–H groups in total.